The van der Waals surface area contributed by atoms with E-state index in [4.69, 9.17) is 4.74 Å². The van der Waals surface area contributed by atoms with Gasteiger partial charge in [-0.15, -0.1) is 0 Å². The SMILES string of the molecule is COCCn1c(SCC(=O)Nc2ccc(Br)cc2F)nc2ccccc21. The fraction of sp³-hybridized carbons (Fsp3) is 0.222. The number of halogens is 2. The van der Waals surface area contributed by atoms with Crippen LogP contribution in [0.25, 0.3) is 11.0 Å². The Bertz CT molecular complexity index is 932. The number of nitrogens with zero attached hydrogens (tertiary/aromatic N) is 2. The summed E-state index contributed by atoms with van der Waals surface area (Å²) < 4.78 is 21.6. The van der Waals surface area contributed by atoms with Crippen LogP contribution >= 0.6 is 27.7 Å². The van der Waals surface area contributed by atoms with Crippen LogP contribution in [-0.2, 0) is 16.1 Å². The lowest BCUT2D eigenvalue weighted by atomic mass is 10.3. The van der Waals surface area contributed by atoms with E-state index in [2.05, 4.69) is 26.2 Å². The second-order valence-electron chi connectivity index (χ2n) is 5.49. The maximum Gasteiger partial charge on any atom is 0.234 e. The Morgan fingerprint density at radius 3 is 2.92 bits per heavy atom. The molecular weight excluding hydrogens is 421 g/mol. The minimum absolute atomic E-state index is 0.131. The van der Waals surface area contributed by atoms with Crippen molar-refractivity contribution in [3.05, 3.63) is 52.8 Å². The van der Waals surface area contributed by atoms with Crippen LogP contribution < -0.4 is 5.32 Å². The van der Waals surface area contributed by atoms with Gasteiger partial charge in [0.2, 0.25) is 5.91 Å². The van der Waals surface area contributed by atoms with Crippen LogP contribution in [0.2, 0.25) is 0 Å². The molecule has 0 aliphatic rings. The highest BCUT2D eigenvalue weighted by atomic mass is 79.9. The van der Waals surface area contributed by atoms with Gasteiger partial charge in [0.05, 0.1) is 29.1 Å². The van der Waals surface area contributed by atoms with E-state index in [1.807, 2.05) is 28.8 Å². The number of para-hydroxylation sites is 2. The van der Waals surface area contributed by atoms with Crippen molar-refractivity contribution >= 4 is 50.3 Å². The van der Waals surface area contributed by atoms with Crippen LogP contribution in [-0.4, -0.2) is 34.9 Å². The van der Waals surface area contributed by atoms with E-state index >= 15 is 0 Å². The first kappa shape index (κ1) is 18.9. The van der Waals surface area contributed by atoms with Crippen LogP contribution in [0.1, 0.15) is 0 Å². The molecule has 0 unspecified atom stereocenters. The molecule has 0 aliphatic heterocycles. The predicted molar refractivity (Wildman–Crippen MR) is 105 cm³/mol. The summed E-state index contributed by atoms with van der Waals surface area (Å²) in [5.74, 6) is -0.641. The molecule has 3 aromatic rings. The Morgan fingerprint density at radius 1 is 1.35 bits per heavy atom. The number of nitrogens with one attached hydrogen (secondary N) is 1. The average Bonchev–Trinajstić information content (AvgIpc) is 2.98. The molecule has 5 nitrogen and oxygen atoms in total. The van der Waals surface area contributed by atoms with Crippen LogP contribution in [0.5, 0.6) is 0 Å². The number of amides is 1. The Morgan fingerprint density at radius 2 is 2.15 bits per heavy atom. The van der Waals surface area contributed by atoms with Crippen molar-refractivity contribution in [2.45, 2.75) is 11.7 Å². The summed E-state index contributed by atoms with van der Waals surface area (Å²) in [6.45, 7) is 1.19. The van der Waals surface area contributed by atoms with Crippen molar-refractivity contribution in [2.24, 2.45) is 0 Å². The number of anilines is 1. The minimum Gasteiger partial charge on any atom is -0.383 e. The monoisotopic (exact) mass is 437 g/mol. The van der Waals surface area contributed by atoms with Crippen LogP contribution in [0.15, 0.2) is 52.1 Å². The number of thioether (sulfide) groups is 1. The summed E-state index contributed by atoms with van der Waals surface area (Å²) >= 11 is 4.50. The number of carbonyl (C=O) groups excluding carboxylic acids is 1. The van der Waals surface area contributed by atoms with E-state index in [0.29, 0.717) is 17.6 Å². The summed E-state index contributed by atoms with van der Waals surface area (Å²) in [4.78, 5) is 16.8. The Kier molecular flexibility index (Phi) is 6.29. The molecule has 0 aliphatic carbocycles. The van der Waals surface area contributed by atoms with Crippen molar-refractivity contribution < 1.29 is 13.9 Å². The minimum atomic E-state index is -0.481. The fourth-order valence-electron chi connectivity index (χ4n) is 2.47. The van der Waals surface area contributed by atoms with Crippen molar-refractivity contribution in [1.82, 2.24) is 9.55 Å². The molecule has 3 rings (SSSR count). The molecule has 136 valence electrons. The molecule has 0 saturated carbocycles. The van der Waals surface area contributed by atoms with Gasteiger partial charge in [0.25, 0.3) is 0 Å². The molecule has 1 aromatic heterocycles. The molecule has 26 heavy (non-hydrogen) atoms. The molecular formula is C18H17BrFN3O2S. The van der Waals surface area contributed by atoms with Gasteiger partial charge in [0.15, 0.2) is 5.16 Å². The lowest BCUT2D eigenvalue weighted by molar-refractivity contribution is -0.113. The first-order valence-electron chi connectivity index (χ1n) is 7.90. The van der Waals surface area contributed by atoms with Crippen LogP contribution in [0, 0.1) is 5.82 Å². The quantitative estimate of drug-likeness (QED) is 0.559. The van der Waals surface area contributed by atoms with E-state index < -0.39 is 5.82 Å². The van der Waals surface area contributed by atoms with Crippen molar-refractivity contribution in [3.8, 4) is 0 Å². The molecule has 1 amide bonds. The van der Waals surface area contributed by atoms with Gasteiger partial charge in [-0.3, -0.25) is 4.79 Å². The first-order valence-corrected chi connectivity index (χ1v) is 9.68. The maximum atomic E-state index is 13.8. The zero-order valence-corrected chi connectivity index (χ0v) is 16.4. The number of hydrogen-bond donors (Lipinski definition) is 1. The normalized spacial score (nSPS) is 11.0. The summed E-state index contributed by atoms with van der Waals surface area (Å²) in [5, 5.41) is 3.32. The average molecular weight is 438 g/mol. The van der Waals surface area contributed by atoms with Gasteiger partial charge in [0.1, 0.15) is 5.82 Å². The third-order valence-electron chi connectivity index (χ3n) is 3.68. The lowest BCUT2D eigenvalue weighted by Crippen LogP contribution is -2.16. The van der Waals surface area contributed by atoms with E-state index in [1.165, 1.54) is 23.9 Å². The number of methoxy groups -OCH3 is 1. The zero-order valence-electron chi connectivity index (χ0n) is 14.0. The third-order valence-corrected chi connectivity index (χ3v) is 5.15. The van der Waals surface area contributed by atoms with Gasteiger partial charge in [0, 0.05) is 18.1 Å². The summed E-state index contributed by atoms with van der Waals surface area (Å²) in [5.41, 5.74) is 2.02. The Labute approximate surface area is 163 Å². The van der Waals surface area contributed by atoms with Gasteiger partial charge in [-0.05, 0) is 30.3 Å². The maximum absolute atomic E-state index is 13.8. The number of fused-ring (bicyclic) bond motifs is 1. The number of imidazole rings is 1. The molecule has 0 atom stereocenters. The van der Waals surface area contributed by atoms with E-state index in [0.717, 1.165) is 16.2 Å². The number of hydrogen-bond acceptors (Lipinski definition) is 4. The number of rotatable bonds is 7. The highest BCUT2D eigenvalue weighted by Gasteiger charge is 2.14. The molecule has 2 aromatic carbocycles. The number of ether oxygens (including phenoxy) is 1. The summed E-state index contributed by atoms with van der Waals surface area (Å²) in [7, 11) is 1.64. The van der Waals surface area contributed by atoms with E-state index in [1.54, 1.807) is 13.2 Å². The standard InChI is InChI=1S/C18H17BrFN3O2S/c1-25-9-8-23-16-5-3-2-4-15(16)22-18(23)26-11-17(24)21-14-7-6-12(19)10-13(14)20/h2-7,10H,8-9,11H2,1H3,(H,21,24). The lowest BCUT2D eigenvalue weighted by Gasteiger charge is -2.09. The molecule has 0 bridgehead atoms. The predicted octanol–water partition coefficient (Wildman–Crippen LogP) is 4.32. The van der Waals surface area contributed by atoms with Crippen LogP contribution in [0.4, 0.5) is 10.1 Å². The fourth-order valence-corrected chi connectivity index (χ4v) is 3.64. The highest BCUT2D eigenvalue weighted by Crippen LogP contribution is 2.25. The van der Waals surface area contributed by atoms with E-state index in [9.17, 15) is 9.18 Å². The number of aromatic nitrogens is 2. The van der Waals surface area contributed by atoms with Gasteiger partial charge in [-0.2, -0.15) is 0 Å². The first-order chi connectivity index (χ1) is 12.6. The Balaban J connectivity index is 1.71. The van der Waals surface area contributed by atoms with Gasteiger partial charge >= 0.3 is 0 Å². The summed E-state index contributed by atoms with van der Waals surface area (Å²) in [6, 6.07) is 12.3. The molecule has 1 N–H and O–H groups in total. The molecule has 0 saturated heterocycles. The number of benzene rings is 2. The second kappa shape index (κ2) is 8.66. The van der Waals surface area contributed by atoms with Crippen LogP contribution in [0.3, 0.4) is 0 Å². The van der Waals surface area contributed by atoms with Crippen molar-refractivity contribution in [3.63, 3.8) is 0 Å². The largest absolute Gasteiger partial charge is 0.383 e. The molecule has 0 spiro atoms. The van der Waals surface area contributed by atoms with Gasteiger partial charge in [-0.25, -0.2) is 9.37 Å². The third kappa shape index (κ3) is 4.44. The summed E-state index contributed by atoms with van der Waals surface area (Å²) in [6.07, 6.45) is 0. The van der Waals surface area contributed by atoms with Crippen molar-refractivity contribution in [2.75, 3.05) is 24.8 Å². The smallest absolute Gasteiger partial charge is 0.234 e. The van der Waals surface area contributed by atoms with E-state index in [-0.39, 0.29) is 17.3 Å². The topological polar surface area (TPSA) is 56.1 Å². The van der Waals surface area contributed by atoms with Gasteiger partial charge in [-0.1, -0.05) is 39.8 Å². The zero-order chi connectivity index (χ0) is 18.5. The molecule has 0 fully saturated rings. The van der Waals surface area contributed by atoms with Gasteiger partial charge < -0.3 is 14.6 Å². The molecule has 1 heterocycles. The molecule has 8 heteroatoms. The molecule has 0 radical (unpaired) electrons. The Hall–Kier alpha value is -1.90. The van der Waals surface area contributed by atoms with Crippen molar-refractivity contribution in [1.29, 1.82) is 0 Å². The highest BCUT2D eigenvalue weighted by molar-refractivity contribution is 9.10. The second-order valence-corrected chi connectivity index (χ2v) is 7.35. The number of carbonyl (C=O) groups is 1.